The van der Waals surface area contributed by atoms with Gasteiger partial charge in [0.2, 0.25) is 15.9 Å². The van der Waals surface area contributed by atoms with E-state index in [0.717, 1.165) is 37.7 Å². The summed E-state index contributed by atoms with van der Waals surface area (Å²) in [5.74, 6) is -0.137. The summed E-state index contributed by atoms with van der Waals surface area (Å²) in [7, 11) is -4.25. The Labute approximate surface area is 175 Å². The molecule has 11 heteroatoms. The Bertz CT molecular complexity index is 809. The van der Waals surface area contributed by atoms with Crippen LogP contribution < -0.4 is 10.0 Å². The van der Waals surface area contributed by atoms with Gasteiger partial charge in [0.25, 0.3) is 0 Å². The molecule has 170 valence electrons. The van der Waals surface area contributed by atoms with Crippen molar-refractivity contribution in [2.45, 2.75) is 37.4 Å². The predicted octanol–water partition coefficient (Wildman–Crippen LogP) is 1.85. The lowest BCUT2D eigenvalue weighted by molar-refractivity contribution is -0.137. The highest BCUT2D eigenvalue weighted by Crippen LogP contribution is 2.30. The number of halogens is 3. The minimum absolute atomic E-state index is 0.0953. The first-order valence-electron chi connectivity index (χ1n) is 9.74. The summed E-state index contributed by atoms with van der Waals surface area (Å²) < 4.78 is 70.3. The molecule has 1 aromatic carbocycles. The Morgan fingerprint density at radius 1 is 1.23 bits per heavy atom. The van der Waals surface area contributed by atoms with Crippen LogP contribution in [0.2, 0.25) is 0 Å². The third kappa shape index (κ3) is 7.53. The third-order valence-electron chi connectivity index (χ3n) is 4.73. The summed E-state index contributed by atoms with van der Waals surface area (Å²) in [6, 6.07) is 3.48. The first kappa shape index (κ1) is 24.6. The summed E-state index contributed by atoms with van der Waals surface area (Å²) >= 11 is 0. The fourth-order valence-corrected chi connectivity index (χ4v) is 4.25. The molecular formula is C19H28F3N3O4S. The molecular weight excluding hydrogens is 423 g/mol. The number of amides is 1. The lowest BCUT2D eigenvalue weighted by atomic mass is 10.0. The maximum Gasteiger partial charge on any atom is 0.416 e. The van der Waals surface area contributed by atoms with Crippen molar-refractivity contribution >= 4 is 15.9 Å². The number of sulfonamides is 1. The van der Waals surface area contributed by atoms with Gasteiger partial charge < -0.3 is 10.1 Å². The van der Waals surface area contributed by atoms with Crippen LogP contribution in [0.1, 0.15) is 25.8 Å². The van der Waals surface area contributed by atoms with Crippen molar-refractivity contribution in [3.8, 4) is 0 Å². The van der Waals surface area contributed by atoms with Crippen molar-refractivity contribution in [1.82, 2.24) is 14.9 Å². The number of nitrogens with zero attached hydrogens (tertiary/aromatic N) is 1. The number of alkyl halides is 3. The SMILES string of the molecule is CC(C)CC(CNC(=O)CNS(=O)(=O)c1cccc(C(F)(F)F)c1)N1CCOCC1. The van der Waals surface area contributed by atoms with Crippen LogP contribution in [0.4, 0.5) is 13.2 Å². The van der Waals surface area contributed by atoms with Crippen molar-refractivity contribution < 1.29 is 31.1 Å². The van der Waals surface area contributed by atoms with Crippen molar-refractivity contribution in [3.05, 3.63) is 29.8 Å². The average Bonchev–Trinajstić information content (AvgIpc) is 2.69. The second-order valence-electron chi connectivity index (χ2n) is 7.59. The number of carbonyl (C=O) groups excluding carboxylic acids is 1. The molecule has 0 aromatic heterocycles. The molecule has 1 aromatic rings. The molecule has 30 heavy (non-hydrogen) atoms. The summed E-state index contributed by atoms with van der Waals surface area (Å²) in [6.07, 6.45) is -3.80. The molecule has 1 aliphatic rings. The van der Waals surface area contributed by atoms with Gasteiger partial charge in [-0.25, -0.2) is 13.1 Å². The Hall–Kier alpha value is -1.69. The first-order chi connectivity index (χ1) is 14.0. The summed E-state index contributed by atoms with van der Waals surface area (Å²) in [6.45, 7) is 6.72. The fourth-order valence-electron chi connectivity index (χ4n) is 3.23. The van der Waals surface area contributed by atoms with E-state index < -0.39 is 39.1 Å². The van der Waals surface area contributed by atoms with E-state index >= 15 is 0 Å². The van der Waals surface area contributed by atoms with Crippen LogP contribution >= 0.6 is 0 Å². The van der Waals surface area contributed by atoms with Crippen molar-refractivity contribution in [3.63, 3.8) is 0 Å². The molecule has 0 radical (unpaired) electrons. The smallest absolute Gasteiger partial charge is 0.379 e. The standard InChI is InChI=1S/C19H28F3N3O4S/c1-14(2)10-16(25-6-8-29-9-7-25)12-23-18(26)13-24-30(27,28)17-5-3-4-15(11-17)19(20,21)22/h3-5,11,14,16,24H,6-10,12-13H2,1-2H3,(H,23,26). The van der Waals surface area contributed by atoms with Gasteiger partial charge in [-0.05, 0) is 30.5 Å². The highest BCUT2D eigenvalue weighted by molar-refractivity contribution is 7.89. The number of hydrogen-bond acceptors (Lipinski definition) is 5. The Morgan fingerprint density at radius 2 is 1.90 bits per heavy atom. The van der Waals surface area contributed by atoms with E-state index in [2.05, 4.69) is 28.8 Å². The van der Waals surface area contributed by atoms with Gasteiger partial charge in [-0.3, -0.25) is 9.69 Å². The highest BCUT2D eigenvalue weighted by atomic mass is 32.2. The Balaban J connectivity index is 1.92. The van der Waals surface area contributed by atoms with Gasteiger partial charge in [-0.15, -0.1) is 0 Å². The third-order valence-corrected chi connectivity index (χ3v) is 6.13. The van der Waals surface area contributed by atoms with Gasteiger partial charge in [0.05, 0.1) is 30.2 Å². The zero-order valence-electron chi connectivity index (χ0n) is 17.0. The number of ether oxygens (including phenoxy) is 1. The topological polar surface area (TPSA) is 87.7 Å². The maximum absolute atomic E-state index is 12.8. The molecule has 0 bridgehead atoms. The lowest BCUT2D eigenvalue weighted by Gasteiger charge is -2.35. The van der Waals surface area contributed by atoms with Crippen LogP contribution in [0, 0.1) is 5.92 Å². The van der Waals surface area contributed by atoms with E-state index in [-0.39, 0.29) is 6.04 Å². The number of rotatable bonds is 9. The number of hydrogen-bond donors (Lipinski definition) is 2. The van der Waals surface area contributed by atoms with E-state index in [9.17, 15) is 26.4 Å². The van der Waals surface area contributed by atoms with Gasteiger partial charge in [-0.1, -0.05) is 19.9 Å². The van der Waals surface area contributed by atoms with Crippen LogP contribution in [-0.2, 0) is 25.7 Å². The Kier molecular flexibility index (Phi) is 8.65. The average molecular weight is 452 g/mol. The molecule has 1 fully saturated rings. The predicted molar refractivity (Wildman–Crippen MR) is 105 cm³/mol. The van der Waals surface area contributed by atoms with Gasteiger partial charge in [0, 0.05) is 25.7 Å². The first-order valence-corrected chi connectivity index (χ1v) is 11.2. The zero-order chi connectivity index (χ0) is 22.4. The summed E-state index contributed by atoms with van der Waals surface area (Å²) in [5, 5.41) is 2.72. The molecule has 2 rings (SSSR count). The number of nitrogens with one attached hydrogen (secondary N) is 2. The number of benzene rings is 1. The summed E-state index contributed by atoms with van der Waals surface area (Å²) in [4.78, 5) is 13.8. The van der Waals surface area contributed by atoms with Crippen LogP contribution in [0.5, 0.6) is 0 Å². The van der Waals surface area contributed by atoms with Gasteiger partial charge >= 0.3 is 6.18 Å². The molecule has 2 N–H and O–H groups in total. The van der Waals surface area contributed by atoms with Crippen molar-refractivity contribution in [2.24, 2.45) is 5.92 Å². The molecule has 0 saturated carbocycles. The molecule has 1 unspecified atom stereocenters. The minimum Gasteiger partial charge on any atom is -0.379 e. The van der Waals surface area contributed by atoms with Gasteiger partial charge in [-0.2, -0.15) is 13.2 Å². The molecule has 0 aliphatic carbocycles. The second kappa shape index (κ2) is 10.6. The normalized spacial score (nSPS) is 17.1. The van der Waals surface area contributed by atoms with Crippen molar-refractivity contribution in [2.75, 3.05) is 39.4 Å². The fraction of sp³-hybridized carbons (Fsp3) is 0.632. The van der Waals surface area contributed by atoms with Crippen molar-refractivity contribution in [1.29, 1.82) is 0 Å². The quantitative estimate of drug-likeness (QED) is 0.598. The number of morpholine rings is 1. The van der Waals surface area contributed by atoms with Crippen LogP contribution in [0.25, 0.3) is 0 Å². The molecule has 7 nitrogen and oxygen atoms in total. The van der Waals surface area contributed by atoms with Crippen LogP contribution in [0.3, 0.4) is 0 Å². The van der Waals surface area contributed by atoms with E-state index in [0.29, 0.717) is 31.7 Å². The lowest BCUT2D eigenvalue weighted by Crippen LogP contribution is -2.50. The molecule has 1 saturated heterocycles. The largest absolute Gasteiger partial charge is 0.416 e. The van der Waals surface area contributed by atoms with E-state index in [4.69, 9.17) is 4.74 Å². The molecule has 1 atom stereocenters. The van der Waals surface area contributed by atoms with Crippen LogP contribution in [0.15, 0.2) is 29.2 Å². The van der Waals surface area contributed by atoms with E-state index in [1.165, 1.54) is 0 Å². The van der Waals surface area contributed by atoms with Crippen LogP contribution in [-0.4, -0.2) is 64.7 Å². The minimum atomic E-state index is -4.66. The summed E-state index contributed by atoms with van der Waals surface area (Å²) in [5.41, 5.74) is -1.07. The van der Waals surface area contributed by atoms with E-state index in [1.807, 2.05) is 0 Å². The second-order valence-corrected chi connectivity index (χ2v) is 9.35. The zero-order valence-corrected chi connectivity index (χ0v) is 17.9. The molecule has 1 heterocycles. The molecule has 1 aliphatic heterocycles. The molecule has 1 amide bonds. The number of carbonyl (C=O) groups is 1. The monoisotopic (exact) mass is 451 g/mol. The maximum atomic E-state index is 12.8. The highest BCUT2D eigenvalue weighted by Gasteiger charge is 2.31. The van der Waals surface area contributed by atoms with E-state index in [1.54, 1.807) is 0 Å². The Morgan fingerprint density at radius 3 is 2.50 bits per heavy atom. The van der Waals surface area contributed by atoms with Gasteiger partial charge in [0.1, 0.15) is 0 Å². The van der Waals surface area contributed by atoms with Gasteiger partial charge in [0.15, 0.2) is 0 Å². The molecule has 0 spiro atoms.